The van der Waals surface area contributed by atoms with Crippen LogP contribution in [-0.2, 0) is 65.4 Å². The predicted octanol–water partition coefficient (Wildman–Crippen LogP) is 23.2. The van der Waals surface area contributed by atoms with E-state index in [4.69, 9.17) is 37.0 Å². The maximum absolute atomic E-state index is 13.1. The van der Waals surface area contributed by atoms with Crippen molar-refractivity contribution in [1.82, 2.24) is 0 Å². The number of aliphatic hydroxyl groups is 1. The van der Waals surface area contributed by atoms with Gasteiger partial charge in [0, 0.05) is 25.7 Å². The second-order valence-corrected chi connectivity index (χ2v) is 29.9. The Bertz CT molecular complexity index is 2180. The Morgan fingerprint density at radius 2 is 0.530 bits per heavy atom. The molecular weight excluding hydrogens is 1310 g/mol. The lowest BCUT2D eigenvalue weighted by molar-refractivity contribution is -0.161. The molecule has 0 aromatic heterocycles. The van der Waals surface area contributed by atoms with Crippen LogP contribution in [0.1, 0.15) is 362 Å². The molecule has 0 aliphatic rings. The number of phosphoric ester groups is 2. The van der Waals surface area contributed by atoms with Crippen LogP contribution in [-0.4, -0.2) is 96.7 Å². The van der Waals surface area contributed by atoms with E-state index in [2.05, 4.69) is 88.5 Å². The van der Waals surface area contributed by atoms with Gasteiger partial charge in [-0.05, 0) is 89.9 Å². The number of carbonyl (C=O) groups excluding carboxylic acids is 4. The first-order chi connectivity index (χ1) is 48.7. The minimum absolute atomic E-state index is 0.0871. The first kappa shape index (κ1) is 96.5. The van der Waals surface area contributed by atoms with Gasteiger partial charge in [0.05, 0.1) is 26.4 Å². The lowest BCUT2D eigenvalue weighted by Crippen LogP contribution is -2.30. The first-order valence-corrected chi connectivity index (χ1v) is 43.2. The van der Waals surface area contributed by atoms with E-state index in [1.165, 1.54) is 154 Å². The minimum atomic E-state index is -4.98. The Morgan fingerprint density at radius 1 is 0.290 bits per heavy atom. The summed E-state index contributed by atoms with van der Waals surface area (Å²) in [5.41, 5.74) is 0. The highest BCUT2D eigenvalue weighted by Gasteiger charge is 2.30. The van der Waals surface area contributed by atoms with Crippen molar-refractivity contribution in [2.75, 3.05) is 39.6 Å². The zero-order chi connectivity index (χ0) is 73.2. The van der Waals surface area contributed by atoms with Gasteiger partial charge in [-0.25, -0.2) is 9.13 Å². The molecule has 0 saturated heterocycles. The van der Waals surface area contributed by atoms with E-state index in [0.717, 1.165) is 122 Å². The van der Waals surface area contributed by atoms with Crippen LogP contribution in [0.25, 0.3) is 0 Å². The monoisotopic (exact) mass is 1450 g/mol. The van der Waals surface area contributed by atoms with Crippen LogP contribution in [0.2, 0.25) is 0 Å². The fourth-order valence-corrected chi connectivity index (χ4v) is 12.7. The molecule has 17 nitrogen and oxygen atoms in total. The van der Waals surface area contributed by atoms with Crippen molar-refractivity contribution in [3.05, 3.63) is 72.9 Å². The van der Waals surface area contributed by atoms with Crippen LogP contribution in [0.15, 0.2) is 72.9 Å². The molecule has 0 aliphatic carbocycles. The summed E-state index contributed by atoms with van der Waals surface area (Å²) < 4.78 is 68.6. The van der Waals surface area contributed by atoms with Gasteiger partial charge < -0.3 is 33.8 Å². The molecule has 5 unspecified atom stereocenters. The molecule has 0 spiro atoms. The van der Waals surface area contributed by atoms with E-state index in [0.29, 0.717) is 32.1 Å². The second-order valence-electron chi connectivity index (χ2n) is 27.0. The summed E-state index contributed by atoms with van der Waals surface area (Å²) in [5.74, 6) is -2.22. The van der Waals surface area contributed by atoms with E-state index in [-0.39, 0.29) is 25.7 Å². The van der Waals surface area contributed by atoms with Crippen molar-refractivity contribution in [2.45, 2.75) is 380 Å². The standard InChI is InChI=1S/C81H146O17P2/c1-5-9-13-17-21-25-29-33-36-37-40-43-46-50-54-58-62-66-79(84)92-72-77(98-81(86)68-64-60-56-52-48-44-39-35-31-27-23-19-15-11-7-3)74-96-100(89,90)94-70-75(82)69-93-99(87,88)95-73-76(97-80(85)67-63-59-55-51-47-41-32-28-24-20-16-12-8-4)71-91-78(83)65-61-57-53-49-45-42-38-34-30-26-22-18-14-10-6-2/h9,13,21,25,33-34,36,38,40,43,50,54,75-77,82H,5-8,10-12,14-20,22-24,26-32,35,37,39,41-42,44-49,51-53,55-74H2,1-4H3,(H,87,88)(H,89,90)/b13-9-,25-21-,36-33-,38-34-,43-40-,54-50-. The molecule has 0 fully saturated rings. The zero-order valence-corrected chi connectivity index (χ0v) is 65.4. The van der Waals surface area contributed by atoms with Gasteiger partial charge in [0.2, 0.25) is 0 Å². The van der Waals surface area contributed by atoms with E-state index in [1.807, 2.05) is 12.2 Å². The largest absolute Gasteiger partial charge is 0.472 e. The van der Waals surface area contributed by atoms with Crippen LogP contribution in [0.4, 0.5) is 0 Å². The highest BCUT2D eigenvalue weighted by atomic mass is 31.2. The normalized spacial score (nSPS) is 14.3. The van der Waals surface area contributed by atoms with E-state index < -0.39 is 97.5 Å². The summed E-state index contributed by atoms with van der Waals surface area (Å²) >= 11 is 0. The van der Waals surface area contributed by atoms with Crippen LogP contribution in [0.3, 0.4) is 0 Å². The summed E-state index contributed by atoms with van der Waals surface area (Å²) in [6.45, 7) is 4.75. The summed E-state index contributed by atoms with van der Waals surface area (Å²) in [4.78, 5) is 72.9. The molecule has 19 heteroatoms. The molecule has 0 radical (unpaired) electrons. The number of ether oxygens (including phenoxy) is 4. The average molecular weight is 1450 g/mol. The summed E-state index contributed by atoms with van der Waals surface area (Å²) in [6.07, 6.45) is 74.6. The number of unbranched alkanes of at least 4 members (excludes halogenated alkanes) is 38. The molecule has 3 N–H and O–H groups in total. The average Bonchev–Trinajstić information content (AvgIpc) is 1.06. The highest BCUT2D eigenvalue weighted by molar-refractivity contribution is 7.47. The molecule has 0 saturated carbocycles. The Balaban J connectivity index is 5.37. The fourth-order valence-electron chi connectivity index (χ4n) is 11.1. The Hall–Kier alpha value is -3.50. The Labute approximate surface area is 609 Å². The van der Waals surface area contributed by atoms with Crippen molar-refractivity contribution >= 4 is 39.5 Å². The van der Waals surface area contributed by atoms with E-state index in [9.17, 15) is 43.2 Å². The first-order valence-electron chi connectivity index (χ1n) is 40.2. The minimum Gasteiger partial charge on any atom is -0.462 e. The molecule has 0 aromatic carbocycles. The molecule has 0 heterocycles. The van der Waals surface area contributed by atoms with Crippen molar-refractivity contribution in [3.63, 3.8) is 0 Å². The fraction of sp³-hybridized carbons (Fsp3) is 0.802. The molecule has 0 aliphatic heterocycles. The van der Waals surface area contributed by atoms with Crippen molar-refractivity contribution in [1.29, 1.82) is 0 Å². The van der Waals surface area contributed by atoms with Crippen molar-refractivity contribution < 1.29 is 80.2 Å². The van der Waals surface area contributed by atoms with Gasteiger partial charge in [0.25, 0.3) is 0 Å². The van der Waals surface area contributed by atoms with Crippen molar-refractivity contribution in [2.24, 2.45) is 0 Å². The molecule has 0 bridgehead atoms. The Kier molecular flexibility index (Phi) is 71.2. The van der Waals surface area contributed by atoms with E-state index in [1.54, 1.807) is 0 Å². The lowest BCUT2D eigenvalue weighted by Gasteiger charge is -2.21. The molecule has 5 atom stereocenters. The van der Waals surface area contributed by atoms with Gasteiger partial charge in [-0.3, -0.25) is 37.3 Å². The van der Waals surface area contributed by atoms with Crippen LogP contribution < -0.4 is 0 Å². The van der Waals surface area contributed by atoms with Gasteiger partial charge in [-0.1, -0.05) is 319 Å². The topological polar surface area (TPSA) is 237 Å². The quantitative estimate of drug-likeness (QED) is 0.0169. The molecule has 0 aromatic rings. The third kappa shape index (κ3) is 72.8. The summed E-state index contributed by atoms with van der Waals surface area (Å²) in [7, 11) is -9.95. The highest BCUT2D eigenvalue weighted by Crippen LogP contribution is 2.45. The lowest BCUT2D eigenvalue weighted by atomic mass is 10.0. The number of hydrogen-bond donors (Lipinski definition) is 3. The van der Waals surface area contributed by atoms with Gasteiger partial charge in [0.1, 0.15) is 19.3 Å². The number of phosphoric acid groups is 2. The van der Waals surface area contributed by atoms with Gasteiger partial charge in [0.15, 0.2) is 12.2 Å². The predicted molar refractivity (Wildman–Crippen MR) is 409 cm³/mol. The maximum atomic E-state index is 13.1. The van der Waals surface area contributed by atoms with Crippen LogP contribution >= 0.6 is 15.6 Å². The third-order valence-electron chi connectivity index (χ3n) is 17.2. The molecule has 0 rings (SSSR count). The number of rotatable bonds is 76. The van der Waals surface area contributed by atoms with Crippen LogP contribution in [0, 0.1) is 0 Å². The molecule has 0 amide bonds. The molecule has 100 heavy (non-hydrogen) atoms. The zero-order valence-electron chi connectivity index (χ0n) is 63.6. The summed E-state index contributed by atoms with van der Waals surface area (Å²) in [5, 5.41) is 10.6. The second kappa shape index (κ2) is 73.8. The summed E-state index contributed by atoms with van der Waals surface area (Å²) in [6, 6.07) is 0. The Morgan fingerprint density at radius 3 is 0.850 bits per heavy atom. The number of carbonyl (C=O) groups is 4. The van der Waals surface area contributed by atoms with Crippen LogP contribution in [0.5, 0.6) is 0 Å². The maximum Gasteiger partial charge on any atom is 0.472 e. The van der Waals surface area contributed by atoms with Crippen molar-refractivity contribution in [3.8, 4) is 0 Å². The number of aliphatic hydroxyl groups excluding tert-OH is 1. The molecular formula is C81H146O17P2. The van der Waals surface area contributed by atoms with Gasteiger partial charge >= 0.3 is 39.5 Å². The van der Waals surface area contributed by atoms with E-state index >= 15 is 0 Å². The third-order valence-corrected chi connectivity index (χ3v) is 19.1. The molecule has 582 valence electrons. The number of esters is 4. The van der Waals surface area contributed by atoms with Gasteiger partial charge in [-0.15, -0.1) is 0 Å². The van der Waals surface area contributed by atoms with Gasteiger partial charge in [-0.2, -0.15) is 0 Å². The number of allylic oxidation sites excluding steroid dienone is 12. The smallest absolute Gasteiger partial charge is 0.462 e. The SMILES string of the molecule is CC/C=C\C/C=C\C/C=C\C/C=C\C/C=C\CCCC(=O)OCC(COP(=O)(O)OCC(O)COP(=O)(O)OCC(COC(=O)CCCCCCC/C=C\CCCCCCCC)OC(=O)CCCCCCCCCCCCCCC)OC(=O)CCCCCCCCCCCCCCCCC. The number of hydrogen-bond acceptors (Lipinski definition) is 15.